The normalized spacial score (nSPS) is 9.88. The van der Waals surface area contributed by atoms with Gasteiger partial charge in [0.25, 0.3) is 0 Å². The average Bonchev–Trinajstić information content (AvgIpc) is 2.29. The van der Waals surface area contributed by atoms with E-state index in [1.165, 1.54) is 4.90 Å². The molecule has 17 heavy (non-hydrogen) atoms. The second kappa shape index (κ2) is 6.47. The predicted molar refractivity (Wildman–Crippen MR) is 61.4 cm³/mol. The summed E-state index contributed by atoms with van der Waals surface area (Å²) in [7, 11) is 0. The summed E-state index contributed by atoms with van der Waals surface area (Å²) in [6.45, 7) is 0.497. The molecule has 1 aromatic rings. The monoisotopic (exact) mass is 237 g/mol. The zero-order valence-corrected chi connectivity index (χ0v) is 9.37. The third-order valence-electron chi connectivity index (χ3n) is 2.27. The maximum absolute atomic E-state index is 11.1. The van der Waals surface area contributed by atoms with Gasteiger partial charge in [0.15, 0.2) is 0 Å². The molecule has 2 amide bonds. The molecule has 0 spiro atoms. The minimum absolute atomic E-state index is 0.106. The van der Waals surface area contributed by atoms with Gasteiger partial charge >= 0.3 is 12.0 Å². The van der Waals surface area contributed by atoms with Crippen LogP contribution in [0.3, 0.4) is 0 Å². The Hall–Kier alpha value is -2.11. The van der Waals surface area contributed by atoms with Crippen molar-refractivity contribution in [2.24, 2.45) is 5.73 Å². The summed E-state index contributed by atoms with van der Waals surface area (Å²) >= 11 is 0. The summed E-state index contributed by atoms with van der Waals surface area (Å²) in [5, 5.41) is 8.54. The van der Waals surface area contributed by atoms with E-state index >= 15 is 0 Å². The second-order valence-corrected chi connectivity index (χ2v) is 3.54. The first kappa shape index (κ1) is 13.0. The van der Waals surface area contributed by atoms with Crippen molar-refractivity contribution in [3.8, 4) is 0 Å². The van der Waals surface area contributed by atoms with E-state index in [2.05, 4.69) is 4.98 Å². The molecule has 0 saturated heterocycles. The molecular formula is C11H15N3O3. The van der Waals surface area contributed by atoms with Crippen molar-refractivity contribution in [3.05, 3.63) is 30.1 Å². The van der Waals surface area contributed by atoms with Gasteiger partial charge in [-0.05, 0) is 12.1 Å². The highest BCUT2D eigenvalue weighted by molar-refractivity contribution is 5.73. The third kappa shape index (κ3) is 4.96. The number of urea groups is 1. The number of hydrogen-bond donors (Lipinski definition) is 2. The lowest BCUT2D eigenvalue weighted by molar-refractivity contribution is -0.137. The molecule has 3 N–H and O–H groups in total. The van der Waals surface area contributed by atoms with Crippen LogP contribution in [0.2, 0.25) is 0 Å². The van der Waals surface area contributed by atoms with Gasteiger partial charge in [0.2, 0.25) is 0 Å². The van der Waals surface area contributed by atoms with Gasteiger partial charge in [-0.1, -0.05) is 6.07 Å². The van der Waals surface area contributed by atoms with E-state index in [9.17, 15) is 9.59 Å². The van der Waals surface area contributed by atoms with Crippen LogP contribution in [-0.4, -0.2) is 40.1 Å². The number of rotatable bonds is 6. The molecule has 0 radical (unpaired) electrons. The lowest BCUT2D eigenvalue weighted by Crippen LogP contribution is -2.38. The number of aliphatic carboxylic acids is 1. The molecule has 0 saturated carbocycles. The Morgan fingerprint density at radius 3 is 2.65 bits per heavy atom. The number of primary amides is 1. The van der Waals surface area contributed by atoms with Gasteiger partial charge in [0.1, 0.15) is 0 Å². The van der Waals surface area contributed by atoms with Crippen molar-refractivity contribution >= 4 is 12.0 Å². The van der Waals surface area contributed by atoms with Crippen LogP contribution in [0.1, 0.15) is 12.1 Å². The number of nitrogens with two attached hydrogens (primary N) is 1. The second-order valence-electron chi connectivity index (χ2n) is 3.54. The first-order chi connectivity index (χ1) is 8.09. The number of carbonyl (C=O) groups excluding carboxylic acids is 1. The Balaban J connectivity index is 2.45. The van der Waals surface area contributed by atoms with E-state index in [1.807, 2.05) is 12.1 Å². The van der Waals surface area contributed by atoms with Gasteiger partial charge in [0, 0.05) is 31.4 Å². The van der Waals surface area contributed by atoms with E-state index in [4.69, 9.17) is 10.8 Å². The van der Waals surface area contributed by atoms with Crippen molar-refractivity contribution in [3.63, 3.8) is 0 Å². The molecule has 0 atom stereocenters. The van der Waals surface area contributed by atoms with E-state index in [-0.39, 0.29) is 13.0 Å². The summed E-state index contributed by atoms with van der Waals surface area (Å²) in [5.41, 5.74) is 6.00. The molecular weight excluding hydrogens is 222 g/mol. The summed E-state index contributed by atoms with van der Waals surface area (Å²) in [4.78, 5) is 26.9. The van der Waals surface area contributed by atoms with Crippen LogP contribution in [0, 0.1) is 0 Å². The number of carbonyl (C=O) groups is 2. The molecule has 1 heterocycles. The highest BCUT2D eigenvalue weighted by atomic mass is 16.4. The summed E-state index contributed by atoms with van der Waals surface area (Å²) in [6.07, 6.45) is 2.12. The number of pyridine rings is 1. The minimum atomic E-state index is -0.950. The van der Waals surface area contributed by atoms with Crippen LogP contribution in [-0.2, 0) is 11.2 Å². The number of carboxylic acid groups (broad SMARTS) is 1. The minimum Gasteiger partial charge on any atom is -0.481 e. The van der Waals surface area contributed by atoms with Gasteiger partial charge in [-0.25, -0.2) is 4.79 Å². The Kier molecular flexibility index (Phi) is 4.93. The van der Waals surface area contributed by atoms with Crippen LogP contribution >= 0.6 is 0 Å². The van der Waals surface area contributed by atoms with Crippen molar-refractivity contribution in [2.75, 3.05) is 13.1 Å². The molecule has 0 aromatic carbocycles. The third-order valence-corrected chi connectivity index (χ3v) is 2.27. The summed E-state index contributed by atoms with van der Waals surface area (Å²) in [6, 6.07) is 4.90. The molecule has 0 aliphatic heterocycles. The van der Waals surface area contributed by atoms with Crippen LogP contribution in [0.15, 0.2) is 24.4 Å². The first-order valence-electron chi connectivity index (χ1n) is 5.25. The fraction of sp³-hybridized carbons (Fsp3) is 0.364. The smallest absolute Gasteiger partial charge is 0.314 e. The number of amides is 2. The van der Waals surface area contributed by atoms with Crippen LogP contribution in [0.4, 0.5) is 4.79 Å². The lowest BCUT2D eigenvalue weighted by atomic mass is 10.2. The van der Waals surface area contributed by atoms with Crippen LogP contribution in [0.5, 0.6) is 0 Å². The zero-order chi connectivity index (χ0) is 12.7. The van der Waals surface area contributed by atoms with Gasteiger partial charge in [-0.3, -0.25) is 9.78 Å². The van der Waals surface area contributed by atoms with E-state index in [0.717, 1.165) is 5.69 Å². The number of hydrogen-bond acceptors (Lipinski definition) is 3. The molecule has 0 unspecified atom stereocenters. The van der Waals surface area contributed by atoms with Crippen molar-refractivity contribution in [1.82, 2.24) is 9.88 Å². The molecule has 1 aromatic heterocycles. The fourth-order valence-electron chi connectivity index (χ4n) is 1.36. The van der Waals surface area contributed by atoms with E-state index in [1.54, 1.807) is 12.3 Å². The summed E-state index contributed by atoms with van der Waals surface area (Å²) < 4.78 is 0. The van der Waals surface area contributed by atoms with E-state index in [0.29, 0.717) is 13.0 Å². The van der Waals surface area contributed by atoms with Crippen molar-refractivity contribution in [1.29, 1.82) is 0 Å². The average molecular weight is 237 g/mol. The predicted octanol–water partition coefficient (Wildman–Crippen LogP) is 0.479. The first-order valence-corrected chi connectivity index (χ1v) is 5.25. The standard InChI is InChI=1S/C11H15N3O3/c12-11(17)14(8-5-10(15)16)7-4-9-3-1-2-6-13-9/h1-3,6H,4-5,7-8H2,(H2,12,17)(H,15,16). The quantitative estimate of drug-likeness (QED) is 0.752. The maximum atomic E-state index is 11.1. The van der Waals surface area contributed by atoms with Gasteiger partial charge in [-0.15, -0.1) is 0 Å². The molecule has 0 aliphatic carbocycles. The SMILES string of the molecule is NC(=O)N(CCC(=O)O)CCc1ccccn1. The Morgan fingerprint density at radius 2 is 2.12 bits per heavy atom. The van der Waals surface area contributed by atoms with Gasteiger partial charge in [0.05, 0.1) is 6.42 Å². The van der Waals surface area contributed by atoms with Crippen LogP contribution < -0.4 is 5.73 Å². The molecule has 6 nitrogen and oxygen atoms in total. The maximum Gasteiger partial charge on any atom is 0.314 e. The number of aromatic nitrogens is 1. The van der Waals surface area contributed by atoms with Gasteiger partial charge in [-0.2, -0.15) is 0 Å². The Morgan fingerprint density at radius 1 is 1.35 bits per heavy atom. The largest absolute Gasteiger partial charge is 0.481 e. The number of carboxylic acids is 1. The lowest BCUT2D eigenvalue weighted by Gasteiger charge is -2.18. The Bertz CT molecular complexity index is 381. The van der Waals surface area contributed by atoms with Gasteiger partial charge < -0.3 is 15.7 Å². The highest BCUT2D eigenvalue weighted by Crippen LogP contribution is 1.99. The van der Waals surface area contributed by atoms with Crippen molar-refractivity contribution in [2.45, 2.75) is 12.8 Å². The zero-order valence-electron chi connectivity index (χ0n) is 9.37. The highest BCUT2D eigenvalue weighted by Gasteiger charge is 2.11. The van der Waals surface area contributed by atoms with Crippen LogP contribution in [0.25, 0.3) is 0 Å². The van der Waals surface area contributed by atoms with Crippen molar-refractivity contribution < 1.29 is 14.7 Å². The molecule has 0 bridgehead atoms. The fourth-order valence-corrected chi connectivity index (χ4v) is 1.36. The molecule has 1 rings (SSSR count). The Labute approximate surface area is 99.1 Å². The van der Waals surface area contributed by atoms with E-state index < -0.39 is 12.0 Å². The molecule has 6 heteroatoms. The molecule has 0 fully saturated rings. The summed E-state index contributed by atoms with van der Waals surface area (Å²) in [5.74, 6) is -0.950. The molecule has 0 aliphatic rings. The number of nitrogens with zero attached hydrogens (tertiary/aromatic N) is 2. The topological polar surface area (TPSA) is 96.5 Å². The molecule has 92 valence electrons.